The Morgan fingerprint density at radius 1 is 1.26 bits per heavy atom. The zero-order valence-electron chi connectivity index (χ0n) is 15.6. The predicted octanol–water partition coefficient (Wildman–Crippen LogP) is 2.13. The number of allylic oxidation sites excluding steroid dienone is 4. The molecule has 0 heterocycles. The van der Waals surface area contributed by atoms with Crippen LogP contribution in [0.5, 0.6) is 0 Å². The molecule has 0 bridgehead atoms. The minimum atomic E-state index is -1.70. The molecule has 3 saturated carbocycles. The van der Waals surface area contributed by atoms with Crippen molar-refractivity contribution in [2.75, 3.05) is 6.61 Å². The van der Waals surface area contributed by atoms with Gasteiger partial charge in [-0.2, -0.15) is 0 Å². The Morgan fingerprint density at radius 2 is 1.96 bits per heavy atom. The fourth-order valence-electron chi connectivity index (χ4n) is 6.53. The van der Waals surface area contributed by atoms with Gasteiger partial charge in [0.25, 0.3) is 0 Å². The summed E-state index contributed by atoms with van der Waals surface area (Å²) in [5.74, 6) is -1.19. The molecule has 4 rings (SSSR count). The maximum absolute atomic E-state index is 13.5. The maximum Gasteiger partial charge on any atom is 0.190 e. The fourth-order valence-corrected chi connectivity index (χ4v) is 7.04. The molecule has 0 aromatic rings. The Hall–Kier alpha value is -1.30. The minimum absolute atomic E-state index is 0.00936. The molecule has 4 aliphatic rings. The van der Waals surface area contributed by atoms with E-state index in [-0.39, 0.29) is 36.2 Å². The van der Waals surface area contributed by atoms with E-state index in [9.17, 15) is 24.6 Å². The first-order valence-electron chi connectivity index (χ1n) is 9.57. The number of hydrogen-bond acceptors (Lipinski definition) is 5. The van der Waals surface area contributed by atoms with E-state index < -0.39 is 33.7 Å². The average molecular weight is 393 g/mol. The molecule has 4 aliphatic carbocycles. The molecule has 27 heavy (non-hydrogen) atoms. The monoisotopic (exact) mass is 392 g/mol. The molecular weight excluding hydrogens is 368 g/mol. The number of aliphatic hydroxyl groups excluding tert-OH is 1. The van der Waals surface area contributed by atoms with E-state index in [1.165, 1.54) is 6.08 Å². The number of halogens is 1. The molecule has 0 amide bonds. The van der Waals surface area contributed by atoms with Crippen LogP contribution in [0.1, 0.15) is 46.0 Å². The number of rotatable bonds is 2. The molecule has 0 unspecified atom stereocenters. The smallest absolute Gasteiger partial charge is 0.190 e. The highest BCUT2D eigenvalue weighted by atomic mass is 35.5. The van der Waals surface area contributed by atoms with Gasteiger partial charge in [0.2, 0.25) is 0 Å². The standard InChI is InChI=1S/C21H25ClO5/c1-18-7-5-13(24)9-12(18)3-4-15-14-6-8-20(27,17(26)11-23)19(14,2)10-16(25)21(15,18)22/h5,7,9,14-15,23,27H,3-4,6,8,10-11H2,1-2H3/t14-,15-,18-,19-,20-,21-/m0/s1. The third-order valence-electron chi connectivity index (χ3n) is 8.16. The van der Waals surface area contributed by atoms with Gasteiger partial charge in [-0.3, -0.25) is 14.4 Å². The first-order valence-corrected chi connectivity index (χ1v) is 9.95. The van der Waals surface area contributed by atoms with Crippen molar-refractivity contribution in [3.8, 4) is 0 Å². The van der Waals surface area contributed by atoms with Gasteiger partial charge in [-0.1, -0.05) is 25.5 Å². The lowest BCUT2D eigenvalue weighted by molar-refractivity contribution is -0.166. The summed E-state index contributed by atoms with van der Waals surface area (Å²) < 4.78 is 0. The number of alkyl halides is 1. The minimum Gasteiger partial charge on any atom is -0.388 e. The van der Waals surface area contributed by atoms with Crippen LogP contribution < -0.4 is 0 Å². The molecule has 0 spiro atoms. The van der Waals surface area contributed by atoms with E-state index in [0.717, 1.165) is 5.57 Å². The van der Waals surface area contributed by atoms with Crippen LogP contribution >= 0.6 is 11.6 Å². The number of ketones is 3. The zero-order chi connectivity index (χ0) is 19.8. The lowest BCUT2D eigenvalue weighted by atomic mass is 9.46. The van der Waals surface area contributed by atoms with E-state index >= 15 is 0 Å². The van der Waals surface area contributed by atoms with Crippen LogP contribution in [0, 0.1) is 22.7 Å². The molecule has 146 valence electrons. The molecular formula is C21H25ClO5. The summed E-state index contributed by atoms with van der Waals surface area (Å²) in [6.07, 6.45) is 6.97. The van der Waals surface area contributed by atoms with Crippen molar-refractivity contribution in [2.24, 2.45) is 22.7 Å². The van der Waals surface area contributed by atoms with Crippen molar-refractivity contribution in [2.45, 2.75) is 56.4 Å². The molecule has 6 heteroatoms. The van der Waals surface area contributed by atoms with Crippen LogP contribution in [0.15, 0.2) is 23.8 Å². The Labute approximate surface area is 163 Å². The van der Waals surface area contributed by atoms with Crippen LogP contribution in [0.4, 0.5) is 0 Å². The number of carbonyl (C=O) groups excluding carboxylic acids is 3. The topological polar surface area (TPSA) is 91.7 Å². The van der Waals surface area contributed by atoms with E-state index in [1.807, 2.05) is 6.92 Å². The van der Waals surface area contributed by atoms with Crippen LogP contribution in [0.25, 0.3) is 0 Å². The van der Waals surface area contributed by atoms with E-state index in [0.29, 0.717) is 19.3 Å². The van der Waals surface area contributed by atoms with Gasteiger partial charge in [0, 0.05) is 17.3 Å². The van der Waals surface area contributed by atoms with Crippen LogP contribution in [0.3, 0.4) is 0 Å². The lowest BCUT2D eigenvalue weighted by Crippen LogP contribution is -2.67. The first-order chi connectivity index (χ1) is 12.5. The van der Waals surface area contributed by atoms with E-state index in [1.54, 1.807) is 19.1 Å². The predicted molar refractivity (Wildman–Crippen MR) is 99.1 cm³/mol. The Kier molecular flexibility index (Phi) is 3.96. The summed E-state index contributed by atoms with van der Waals surface area (Å²) in [4.78, 5) is 36.5. The SMILES string of the molecule is C[C@]12C=CC(=O)C=C1CC[C@H]1[C@@H]3CC[C@](O)(C(=O)CO)[C@@]3(C)CC(=O)[C@@]12Cl. The van der Waals surface area contributed by atoms with Crippen LogP contribution in [0.2, 0.25) is 0 Å². The summed E-state index contributed by atoms with van der Waals surface area (Å²) >= 11 is 7.16. The maximum atomic E-state index is 13.5. The third-order valence-corrected chi connectivity index (χ3v) is 9.04. The molecule has 2 N–H and O–H groups in total. The Bertz CT molecular complexity index is 815. The molecule has 0 radical (unpaired) electrons. The second-order valence-electron chi connectivity index (χ2n) is 9.07. The largest absolute Gasteiger partial charge is 0.388 e. The number of aliphatic hydroxyl groups is 2. The second-order valence-corrected chi connectivity index (χ2v) is 9.66. The van der Waals surface area contributed by atoms with Crippen molar-refractivity contribution >= 4 is 29.0 Å². The average Bonchev–Trinajstić information content (AvgIpc) is 2.88. The Balaban J connectivity index is 1.82. The first kappa shape index (κ1) is 19.0. The van der Waals surface area contributed by atoms with Crippen molar-refractivity contribution in [3.05, 3.63) is 23.8 Å². The van der Waals surface area contributed by atoms with Crippen molar-refractivity contribution in [3.63, 3.8) is 0 Å². The summed E-state index contributed by atoms with van der Waals surface area (Å²) in [5.41, 5.74) is -2.49. The summed E-state index contributed by atoms with van der Waals surface area (Å²) in [5, 5.41) is 20.5. The number of carbonyl (C=O) groups is 3. The van der Waals surface area contributed by atoms with Gasteiger partial charge < -0.3 is 10.2 Å². The molecule has 0 aliphatic heterocycles. The van der Waals surface area contributed by atoms with Gasteiger partial charge in [-0.15, -0.1) is 11.6 Å². The molecule has 0 aromatic heterocycles. The molecule has 5 nitrogen and oxygen atoms in total. The van der Waals surface area contributed by atoms with Gasteiger partial charge >= 0.3 is 0 Å². The number of hydrogen-bond donors (Lipinski definition) is 2. The molecule has 0 saturated heterocycles. The summed E-state index contributed by atoms with van der Waals surface area (Å²) in [6.45, 7) is 2.97. The van der Waals surface area contributed by atoms with Crippen molar-refractivity contribution in [1.82, 2.24) is 0 Å². The number of fused-ring (bicyclic) bond motifs is 5. The van der Waals surface area contributed by atoms with Gasteiger partial charge in [-0.05, 0) is 49.7 Å². The molecule has 0 aromatic carbocycles. The molecule has 6 atom stereocenters. The van der Waals surface area contributed by atoms with Gasteiger partial charge in [0.15, 0.2) is 17.3 Å². The van der Waals surface area contributed by atoms with E-state index in [2.05, 4.69) is 0 Å². The van der Waals surface area contributed by atoms with Crippen LogP contribution in [-0.2, 0) is 14.4 Å². The second kappa shape index (κ2) is 5.62. The quantitative estimate of drug-likeness (QED) is 0.702. The normalized spacial score (nSPS) is 48.6. The van der Waals surface area contributed by atoms with E-state index in [4.69, 9.17) is 11.6 Å². The van der Waals surface area contributed by atoms with Gasteiger partial charge in [-0.25, -0.2) is 0 Å². The van der Waals surface area contributed by atoms with Crippen molar-refractivity contribution in [1.29, 1.82) is 0 Å². The summed E-state index contributed by atoms with van der Waals surface area (Å²) in [7, 11) is 0. The van der Waals surface area contributed by atoms with Gasteiger partial charge in [0.1, 0.15) is 17.1 Å². The van der Waals surface area contributed by atoms with Crippen molar-refractivity contribution < 1.29 is 24.6 Å². The highest BCUT2D eigenvalue weighted by molar-refractivity contribution is 6.37. The summed E-state index contributed by atoms with van der Waals surface area (Å²) in [6, 6.07) is 0. The Morgan fingerprint density at radius 3 is 2.63 bits per heavy atom. The third kappa shape index (κ3) is 2.05. The molecule has 3 fully saturated rings. The highest BCUT2D eigenvalue weighted by Crippen LogP contribution is 2.69. The van der Waals surface area contributed by atoms with Gasteiger partial charge in [0.05, 0.1) is 0 Å². The zero-order valence-corrected chi connectivity index (χ0v) is 16.4. The lowest BCUT2D eigenvalue weighted by Gasteiger charge is -2.60. The number of Topliss-reactive ketones (excluding diaryl/α,β-unsaturated/α-hetero) is 2. The van der Waals surface area contributed by atoms with Crippen LogP contribution in [-0.4, -0.2) is 44.6 Å². The fraction of sp³-hybridized carbons (Fsp3) is 0.667. The highest BCUT2D eigenvalue weighted by Gasteiger charge is 2.73.